The second kappa shape index (κ2) is 14.3. The lowest BCUT2D eigenvalue weighted by Gasteiger charge is -2.36. The number of carbonyl (C=O) groups excluding carboxylic acids is 2. The number of unbranched alkanes of at least 4 members (excludes halogenated alkanes) is 1. The molecule has 1 aliphatic carbocycles. The second-order valence-corrected chi connectivity index (χ2v) is 13.9. The number of esters is 1. The highest BCUT2D eigenvalue weighted by molar-refractivity contribution is 7.80. The summed E-state index contributed by atoms with van der Waals surface area (Å²) in [5.74, 6) is -1.36. The van der Waals surface area contributed by atoms with Crippen LogP contribution in [-0.2, 0) is 19.9 Å². The summed E-state index contributed by atoms with van der Waals surface area (Å²) in [5.41, 5.74) is 5.40. The summed E-state index contributed by atoms with van der Waals surface area (Å²) in [7, 11) is 0. The number of hydrogen-bond acceptors (Lipinski definition) is 9. The predicted octanol–water partition coefficient (Wildman–Crippen LogP) is 7.11. The number of anilines is 1. The van der Waals surface area contributed by atoms with E-state index < -0.39 is 29.7 Å². The van der Waals surface area contributed by atoms with Crippen LogP contribution in [-0.4, -0.2) is 57.7 Å². The Morgan fingerprint density at radius 2 is 1.42 bits per heavy atom. The molecule has 0 saturated heterocycles. The summed E-state index contributed by atoms with van der Waals surface area (Å²) in [5, 5.41) is 39.0. The number of aliphatic carboxylic acids is 1. The van der Waals surface area contributed by atoms with E-state index in [0.717, 1.165) is 22.3 Å². The van der Waals surface area contributed by atoms with Crippen LogP contribution in [0.3, 0.4) is 0 Å². The lowest BCUT2D eigenvalue weighted by molar-refractivity contribution is -0.139. The molecule has 2 aliphatic heterocycles. The Kier molecular flexibility index (Phi) is 9.23. The summed E-state index contributed by atoms with van der Waals surface area (Å²) in [6.07, 6.45) is 0.437. The van der Waals surface area contributed by atoms with Crippen LogP contribution in [0.1, 0.15) is 63.4 Å². The Morgan fingerprint density at radius 1 is 0.800 bits per heavy atom. The van der Waals surface area contributed by atoms with Crippen molar-refractivity contribution >= 4 is 41.0 Å². The van der Waals surface area contributed by atoms with Gasteiger partial charge in [-0.2, -0.15) is 0 Å². The molecule has 1 spiro atoms. The SMILES string of the molecule is O=C(N[C@@H](CCCCNC(=S)Nc1ccc2c(c1)C(=O)OC21c2ccc(O)cc2Oc2cc(O)ccc21)C(=O)O)OCC1c2ccccc2-c2ccccc21. The van der Waals surface area contributed by atoms with Crippen LogP contribution in [0.4, 0.5) is 10.5 Å². The van der Waals surface area contributed by atoms with E-state index in [1.807, 2.05) is 48.5 Å². The number of ether oxygens (including phenoxy) is 3. The highest BCUT2D eigenvalue weighted by Crippen LogP contribution is 2.57. The first kappa shape index (κ1) is 35.4. The third-order valence-electron chi connectivity index (χ3n) is 10.2. The molecule has 13 heteroatoms. The fraction of sp³-hybridized carbons (Fsp3) is 0.190. The minimum absolute atomic E-state index is 0.0328. The van der Waals surface area contributed by atoms with Crippen molar-refractivity contribution in [3.05, 3.63) is 137 Å². The largest absolute Gasteiger partial charge is 0.508 e. The van der Waals surface area contributed by atoms with Crippen molar-refractivity contribution in [1.82, 2.24) is 10.6 Å². The van der Waals surface area contributed by atoms with Gasteiger partial charge < -0.3 is 45.5 Å². The molecule has 1 amide bonds. The van der Waals surface area contributed by atoms with Gasteiger partial charge in [-0.15, -0.1) is 0 Å². The van der Waals surface area contributed by atoms with Crippen LogP contribution < -0.4 is 20.7 Å². The molecule has 55 heavy (non-hydrogen) atoms. The van der Waals surface area contributed by atoms with Gasteiger partial charge in [0.2, 0.25) is 0 Å². The molecule has 0 fully saturated rings. The fourth-order valence-electron chi connectivity index (χ4n) is 7.67. The van der Waals surface area contributed by atoms with Gasteiger partial charge in [0.1, 0.15) is 35.6 Å². The van der Waals surface area contributed by atoms with Crippen molar-refractivity contribution in [1.29, 1.82) is 0 Å². The Hall–Kier alpha value is -6.60. The molecule has 12 nitrogen and oxygen atoms in total. The Balaban J connectivity index is 0.845. The number of amides is 1. The number of thiocarbonyl (C=S) groups is 1. The van der Waals surface area contributed by atoms with Gasteiger partial charge in [-0.25, -0.2) is 14.4 Å². The molecule has 8 rings (SSSR count). The third kappa shape index (κ3) is 6.52. The van der Waals surface area contributed by atoms with E-state index in [1.54, 1.807) is 30.3 Å². The fourth-order valence-corrected chi connectivity index (χ4v) is 7.89. The summed E-state index contributed by atoms with van der Waals surface area (Å²) in [6.45, 7) is 0.507. The maximum absolute atomic E-state index is 13.4. The third-order valence-corrected chi connectivity index (χ3v) is 10.4. The number of phenols is 2. The molecular weight excluding hydrogens is 723 g/mol. The van der Waals surface area contributed by atoms with Gasteiger partial charge in [-0.05, 0) is 90.1 Å². The van der Waals surface area contributed by atoms with Crippen LogP contribution >= 0.6 is 12.2 Å². The van der Waals surface area contributed by atoms with Gasteiger partial charge in [-0.1, -0.05) is 54.6 Å². The van der Waals surface area contributed by atoms with Crippen LogP contribution in [0.5, 0.6) is 23.0 Å². The summed E-state index contributed by atoms with van der Waals surface area (Å²) < 4.78 is 17.7. The summed E-state index contributed by atoms with van der Waals surface area (Å²) in [4.78, 5) is 38.1. The molecule has 0 radical (unpaired) electrons. The molecular formula is C42H35N3O9S. The number of carbonyl (C=O) groups is 3. The van der Waals surface area contributed by atoms with Gasteiger partial charge in [-0.3, -0.25) is 0 Å². The summed E-state index contributed by atoms with van der Waals surface area (Å²) >= 11 is 5.49. The lowest BCUT2D eigenvalue weighted by Crippen LogP contribution is -2.41. The molecule has 0 aromatic heterocycles. The number of fused-ring (bicyclic) bond motifs is 9. The molecule has 278 valence electrons. The van der Waals surface area contributed by atoms with E-state index in [-0.39, 0.29) is 41.9 Å². The number of benzene rings is 5. The van der Waals surface area contributed by atoms with Crippen molar-refractivity contribution in [2.45, 2.75) is 36.8 Å². The smallest absolute Gasteiger partial charge is 0.407 e. The normalized spacial score (nSPS) is 14.6. The van der Waals surface area contributed by atoms with Crippen molar-refractivity contribution in [2.75, 3.05) is 18.5 Å². The maximum Gasteiger partial charge on any atom is 0.407 e. The molecule has 6 N–H and O–H groups in total. The van der Waals surface area contributed by atoms with Crippen molar-refractivity contribution in [3.63, 3.8) is 0 Å². The number of hydrogen-bond donors (Lipinski definition) is 6. The monoisotopic (exact) mass is 757 g/mol. The number of rotatable bonds is 10. The zero-order chi connectivity index (χ0) is 38.3. The highest BCUT2D eigenvalue weighted by atomic mass is 32.1. The lowest BCUT2D eigenvalue weighted by atomic mass is 9.77. The minimum atomic E-state index is -1.37. The predicted molar refractivity (Wildman–Crippen MR) is 206 cm³/mol. The Bertz CT molecular complexity index is 2280. The summed E-state index contributed by atoms with van der Waals surface area (Å²) in [6, 6.07) is 29.1. The molecule has 3 aliphatic rings. The van der Waals surface area contributed by atoms with Crippen molar-refractivity contribution < 1.29 is 43.9 Å². The quantitative estimate of drug-likeness (QED) is 0.0485. The van der Waals surface area contributed by atoms with E-state index in [4.69, 9.17) is 26.4 Å². The number of nitrogens with one attached hydrogen (secondary N) is 3. The highest BCUT2D eigenvalue weighted by Gasteiger charge is 2.53. The average molecular weight is 758 g/mol. The molecule has 0 bridgehead atoms. The van der Waals surface area contributed by atoms with Crippen LogP contribution in [0.2, 0.25) is 0 Å². The molecule has 2 heterocycles. The first-order valence-electron chi connectivity index (χ1n) is 17.7. The number of carboxylic acids is 1. The van der Waals surface area contributed by atoms with Crippen molar-refractivity contribution in [3.8, 4) is 34.1 Å². The standard InChI is InChI=1S/C42H35N3O9S/c46-24-13-16-33-36(20-24)53-37-21-25(47)14-17-34(37)42(33)32-15-12-23(19-30(32)39(50)54-42)44-40(55)43-18-6-5-11-35(38(48)49)45-41(51)52-22-31-28-9-3-1-7-26(28)27-8-2-4-10-29(27)31/h1-4,7-10,12-17,19-21,31,35,46-47H,5-6,11,18,22H2,(H,45,51)(H,48,49)(H2,43,44,55)/t35-/m0/s1. The molecule has 1 atom stereocenters. The van der Waals surface area contributed by atoms with E-state index in [1.165, 1.54) is 24.3 Å². The van der Waals surface area contributed by atoms with Crippen molar-refractivity contribution in [2.24, 2.45) is 0 Å². The van der Waals surface area contributed by atoms with Gasteiger partial charge >= 0.3 is 18.0 Å². The second-order valence-electron chi connectivity index (χ2n) is 13.5. The van der Waals surface area contributed by atoms with Gasteiger partial charge in [0.05, 0.1) is 5.56 Å². The van der Waals surface area contributed by atoms with Crippen LogP contribution in [0.15, 0.2) is 103 Å². The zero-order valence-electron chi connectivity index (χ0n) is 29.2. The number of aromatic hydroxyl groups is 2. The topological polar surface area (TPSA) is 176 Å². The maximum atomic E-state index is 13.4. The van der Waals surface area contributed by atoms with E-state index in [0.29, 0.717) is 52.4 Å². The number of phenolic OH excluding ortho intramolecular Hbond substituents is 2. The van der Waals surface area contributed by atoms with Gasteiger partial charge in [0.15, 0.2) is 10.7 Å². The Morgan fingerprint density at radius 3 is 2.05 bits per heavy atom. The van der Waals surface area contributed by atoms with Gasteiger partial charge in [0.25, 0.3) is 0 Å². The van der Waals surface area contributed by atoms with Crippen LogP contribution in [0.25, 0.3) is 11.1 Å². The molecule has 5 aromatic rings. The first-order valence-corrected chi connectivity index (χ1v) is 18.1. The van der Waals surface area contributed by atoms with E-state index in [9.17, 15) is 29.7 Å². The average Bonchev–Trinajstić information content (AvgIpc) is 3.64. The van der Waals surface area contributed by atoms with Crippen LogP contribution in [0, 0.1) is 0 Å². The number of alkyl carbamates (subject to hydrolysis) is 1. The number of carboxylic acid groups (broad SMARTS) is 1. The molecule has 0 saturated carbocycles. The zero-order valence-corrected chi connectivity index (χ0v) is 30.0. The van der Waals surface area contributed by atoms with E-state index >= 15 is 0 Å². The van der Waals surface area contributed by atoms with E-state index in [2.05, 4.69) is 16.0 Å². The molecule has 0 unspecified atom stereocenters. The minimum Gasteiger partial charge on any atom is -0.508 e. The van der Waals surface area contributed by atoms with Gasteiger partial charge in [0, 0.05) is 47.0 Å². The molecule has 5 aromatic carbocycles. The first-order chi connectivity index (χ1) is 26.6. The Labute approximate surface area is 320 Å².